The Morgan fingerprint density at radius 1 is 0.604 bits per heavy atom. The van der Waals surface area contributed by atoms with Crippen LogP contribution in [0.1, 0.15) is 58.1 Å². The van der Waals surface area contributed by atoms with Gasteiger partial charge in [0.25, 0.3) is 0 Å². The second kappa shape index (κ2) is 13.6. The predicted octanol–water partition coefficient (Wildman–Crippen LogP) is 7.34. The van der Waals surface area contributed by atoms with E-state index in [-0.39, 0.29) is 17.9 Å². The average molecular weight is 651 g/mol. The predicted molar refractivity (Wildman–Crippen MR) is 187 cm³/mol. The second-order valence-corrected chi connectivity index (χ2v) is 13.0. The van der Waals surface area contributed by atoms with Gasteiger partial charge in [0.05, 0.1) is 28.4 Å². The first kappa shape index (κ1) is 32.2. The van der Waals surface area contributed by atoms with E-state index in [9.17, 15) is 0 Å². The lowest BCUT2D eigenvalue weighted by molar-refractivity contribution is 0.317. The van der Waals surface area contributed by atoms with E-state index in [0.717, 1.165) is 55.4 Å². The lowest BCUT2D eigenvalue weighted by Crippen LogP contribution is -2.37. The maximum Gasteiger partial charge on any atom is 0.204 e. The molecule has 6 bridgehead atoms. The molecule has 0 saturated carbocycles. The number of aryl methyl sites for hydroxylation is 2. The van der Waals surface area contributed by atoms with Crippen LogP contribution in [-0.4, -0.2) is 54.6 Å². The van der Waals surface area contributed by atoms with Gasteiger partial charge >= 0.3 is 0 Å². The van der Waals surface area contributed by atoms with Crippen molar-refractivity contribution in [1.29, 1.82) is 0 Å². The zero-order chi connectivity index (χ0) is 33.4. The summed E-state index contributed by atoms with van der Waals surface area (Å²) in [6.45, 7) is 0. The van der Waals surface area contributed by atoms with Crippen LogP contribution in [0.5, 0.6) is 46.0 Å². The fourth-order valence-electron chi connectivity index (χ4n) is 8.16. The van der Waals surface area contributed by atoms with Crippen molar-refractivity contribution >= 4 is 0 Å². The SMILES string of the molecule is CN[C@H]1CCc2cc(OC)c(OC)c3c2[C@@H]1Cc1ccc(OC)c(c1)Oc1ccc(cc1)C[C@H]1c2cc(c(OC)cc2CC[C@H]1NC)O3. The molecule has 0 saturated heterocycles. The molecule has 2 aliphatic heterocycles. The van der Waals surface area contributed by atoms with Gasteiger partial charge in [0.2, 0.25) is 5.75 Å². The third-order valence-electron chi connectivity index (χ3n) is 10.6. The fourth-order valence-corrected chi connectivity index (χ4v) is 8.16. The standard InChI is InChI=1S/C40H46N2O6/c1-41-31-14-10-25-20-34(44-4)36-22-28(25)29(31)17-23-7-12-27(13-8-23)47-35-19-24(9-16-33(35)43-3)18-30-32(42-2)15-11-26-21-37(45-5)39(46-6)40(48-36)38(26)30/h7-9,12-13,16,19-22,29-32,41-42H,10-11,14-15,17-18H2,1-6H3/t29-,30+,31+,32-/m0/s1. The van der Waals surface area contributed by atoms with Crippen LogP contribution in [0.3, 0.4) is 0 Å². The monoisotopic (exact) mass is 650 g/mol. The average Bonchev–Trinajstić information content (AvgIpc) is 3.11. The Labute approximate surface area is 283 Å². The molecule has 0 aromatic heterocycles. The summed E-state index contributed by atoms with van der Waals surface area (Å²) in [6.07, 6.45) is 5.48. The molecule has 0 amide bonds. The molecule has 4 aliphatic rings. The highest BCUT2D eigenvalue weighted by Crippen LogP contribution is 2.53. The molecule has 0 spiro atoms. The number of fused-ring (bicyclic) bond motifs is 2. The number of methoxy groups -OCH3 is 4. The van der Waals surface area contributed by atoms with E-state index in [1.54, 1.807) is 28.4 Å². The number of rotatable bonds is 6. The maximum atomic E-state index is 7.10. The largest absolute Gasteiger partial charge is 0.493 e. The molecule has 2 heterocycles. The van der Waals surface area contributed by atoms with Crippen LogP contribution >= 0.6 is 0 Å². The Morgan fingerprint density at radius 2 is 1.23 bits per heavy atom. The molecule has 0 radical (unpaired) electrons. The molecule has 48 heavy (non-hydrogen) atoms. The molecule has 4 aromatic carbocycles. The van der Waals surface area contributed by atoms with Gasteiger partial charge in [0.1, 0.15) is 5.75 Å². The van der Waals surface area contributed by atoms with Crippen molar-refractivity contribution in [3.63, 3.8) is 0 Å². The van der Waals surface area contributed by atoms with Crippen LogP contribution < -0.4 is 39.1 Å². The van der Waals surface area contributed by atoms with Crippen molar-refractivity contribution in [2.45, 2.75) is 62.4 Å². The Kier molecular flexibility index (Phi) is 9.12. The second-order valence-electron chi connectivity index (χ2n) is 13.0. The molecule has 2 aliphatic carbocycles. The van der Waals surface area contributed by atoms with Crippen molar-refractivity contribution in [1.82, 2.24) is 10.6 Å². The molecule has 0 unspecified atom stereocenters. The summed E-state index contributed by atoms with van der Waals surface area (Å²) in [4.78, 5) is 0. The van der Waals surface area contributed by atoms with E-state index in [1.807, 2.05) is 13.1 Å². The molecule has 8 nitrogen and oxygen atoms in total. The normalized spacial score (nSPS) is 21.1. The number of likely N-dealkylation sites (N-methyl/N-ethyl adjacent to an activating group) is 2. The summed E-state index contributed by atoms with van der Waals surface area (Å²) in [5.41, 5.74) is 7.26. The quantitative estimate of drug-likeness (QED) is 0.225. The Balaban J connectivity index is 1.48. The summed E-state index contributed by atoms with van der Waals surface area (Å²) < 4.78 is 37.4. The third-order valence-corrected chi connectivity index (χ3v) is 10.6. The molecule has 4 aromatic rings. The minimum absolute atomic E-state index is 0.0676. The molecule has 8 heteroatoms. The van der Waals surface area contributed by atoms with E-state index >= 15 is 0 Å². The van der Waals surface area contributed by atoms with Crippen LogP contribution in [0.15, 0.2) is 60.7 Å². The van der Waals surface area contributed by atoms with Gasteiger partial charge in [-0.05, 0) is 123 Å². The van der Waals surface area contributed by atoms with E-state index in [4.69, 9.17) is 28.4 Å². The van der Waals surface area contributed by atoms with Crippen molar-refractivity contribution < 1.29 is 28.4 Å². The van der Waals surface area contributed by atoms with Crippen molar-refractivity contribution in [3.05, 3.63) is 94.0 Å². The van der Waals surface area contributed by atoms with Crippen molar-refractivity contribution in [2.24, 2.45) is 0 Å². The van der Waals surface area contributed by atoms with Crippen LogP contribution in [-0.2, 0) is 25.7 Å². The highest BCUT2D eigenvalue weighted by molar-refractivity contribution is 5.64. The Bertz CT molecular complexity index is 1790. The molecular formula is C40H46N2O6. The van der Waals surface area contributed by atoms with Crippen LogP contribution in [0.4, 0.5) is 0 Å². The maximum absolute atomic E-state index is 7.10. The van der Waals surface area contributed by atoms with Crippen LogP contribution in [0, 0.1) is 0 Å². The third kappa shape index (κ3) is 5.81. The van der Waals surface area contributed by atoms with Gasteiger partial charge in [-0.1, -0.05) is 18.2 Å². The Hall–Kier alpha value is -4.40. The molecule has 252 valence electrons. The van der Waals surface area contributed by atoms with Gasteiger partial charge in [-0.2, -0.15) is 0 Å². The smallest absolute Gasteiger partial charge is 0.204 e. The highest BCUT2D eigenvalue weighted by atomic mass is 16.5. The number of ether oxygens (including phenoxy) is 6. The zero-order valence-corrected chi connectivity index (χ0v) is 28.8. The first-order valence-electron chi connectivity index (χ1n) is 16.9. The van der Waals surface area contributed by atoms with Crippen molar-refractivity contribution in [3.8, 4) is 46.0 Å². The Morgan fingerprint density at radius 3 is 1.92 bits per heavy atom. The topological polar surface area (TPSA) is 79.4 Å². The molecule has 0 fully saturated rings. The fraction of sp³-hybridized carbons (Fsp3) is 0.400. The van der Waals surface area contributed by atoms with Crippen LogP contribution in [0.2, 0.25) is 0 Å². The molecule has 8 rings (SSSR count). The van der Waals surface area contributed by atoms with E-state index in [1.165, 1.54) is 22.3 Å². The lowest BCUT2D eigenvalue weighted by atomic mass is 9.75. The highest BCUT2D eigenvalue weighted by Gasteiger charge is 2.37. The van der Waals surface area contributed by atoms with Crippen LogP contribution in [0.25, 0.3) is 0 Å². The van der Waals surface area contributed by atoms with Gasteiger partial charge < -0.3 is 39.1 Å². The lowest BCUT2D eigenvalue weighted by Gasteiger charge is -2.36. The summed E-state index contributed by atoms with van der Waals surface area (Å²) in [5.74, 6) is 5.76. The minimum Gasteiger partial charge on any atom is -0.493 e. The number of benzene rings is 4. The molecular weight excluding hydrogens is 604 g/mol. The summed E-state index contributed by atoms with van der Waals surface area (Å²) in [6, 6.07) is 21.7. The van der Waals surface area contributed by atoms with E-state index < -0.39 is 0 Å². The van der Waals surface area contributed by atoms with Gasteiger partial charge in [0.15, 0.2) is 34.5 Å². The summed E-state index contributed by atoms with van der Waals surface area (Å²) in [7, 11) is 10.9. The minimum atomic E-state index is 0.0676. The van der Waals surface area contributed by atoms with Gasteiger partial charge in [-0.25, -0.2) is 0 Å². The van der Waals surface area contributed by atoms with Crippen molar-refractivity contribution in [2.75, 3.05) is 42.5 Å². The number of hydrogen-bond donors (Lipinski definition) is 2. The van der Waals surface area contributed by atoms with Gasteiger partial charge in [-0.15, -0.1) is 0 Å². The molecule has 2 N–H and O–H groups in total. The van der Waals surface area contributed by atoms with E-state index in [0.29, 0.717) is 46.3 Å². The first-order valence-corrected chi connectivity index (χ1v) is 16.9. The number of nitrogens with one attached hydrogen (secondary N) is 2. The van der Waals surface area contributed by atoms with Gasteiger partial charge in [-0.3, -0.25) is 0 Å². The molecule has 4 atom stereocenters. The zero-order valence-electron chi connectivity index (χ0n) is 28.8. The van der Waals surface area contributed by atoms with Gasteiger partial charge in [0, 0.05) is 29.5 Å². The van der Waals surface area contributed by atoms with E-state index in [2.05, 4.69) is 72.3 Å². The summed E-state index contributed by atoms with van der Waals surface area (Å²) in [5, 5.41) is 7.23. The summed E-state index contributed by atoms with van der Waals surface area (Å²) >= 11 is 0. The first-order chi connectivity index (χ1) is 23.5. The number of hydrogen-bond acceptors (Lipinski definition) is 8.